The highest BCUT2D eigenvalue weighted by molar-refractivity contribution is 6.68. The highest BCUT2D eigenvalue weighted by atomic mass is 35.6. The molecule has 5 atom stereocenters. The van der Waals surface area contributed by atoms with Gasteiger partial charge in [-0.25, -0.2) is 0 Å². The monoisotopic (exact) mass is 389 g/mol. The van der Waals surface area contributed by atoms with Crippen LogP contribution in [0.4, 0.5) is 0 Å². The minimum atomic E-state index is -1.75. The Morgan fingerprint density at radius 3 is 2.46 bits per heavy atom. The van der Waals surface area contributed by atoms with Crippen LogP contribution in [0.25, 0.3) is 0 Å². The lowest BCUT2D eigenvalue weighted by Gasteiger charge is -2.31. The molecule has 0 aromatic heterocycles. The number of carbonyl (C=O) groups is 1. The Morgan fingerprint density at radius 1 is 1.21 bits per heavy atom. The summed E-state index contributed by atoms with van der Waals surface area (Å²) in [6, 6.07) is 9.03. The van der Waals surface area contributed by atoms with Gasteiger partial charge < -0.3 is 10.1 Å². The SMILES string of the molecule is C[C@H](C(=O)N[C@@H](Oc1ccccc1)C(Cl)(Cl)Cl)[C@@H]1C[C@H]2CC[C@H]1C2. The number of ether oxygens (including phenoxy) is 1. The van der Waals surface area contributed by atoms with Crippen LogP contribution in [-0.2, 0) is 4.79 Å². The highest BCUT2D eigenvalue weighted by Gasteiger charge is 2.45. The van der Waals surface area contributed by atoms with E-state index >= 15 is 0 Å². The Bertz CT molecular complexity index is 575. The maximum absolute atomic E-state index is 12.7. The van der Waals surface area contributed by atoms with E-state index in [1.54, 1.807) is 12.1 Å². The summed E-state index contributed by atoms with van der Waals surface area (Å²) in [6.45, 7) is 1.97. The van der Waals surface area contributed by atoms with Crippen molar-refractivity contribution in [2.45, 2.75) is 42.6 Å². The number of rotatable bonds is 5. The zero-order valence-electron chi connectivity index (χ0n) is 13.6. The van der Waals surface area contributed by atoms with Crippen molar-refractivity contribution in [2.24, 2.45) is 23.7 Å². The number of hydrogen-bond acceptors (Lipinski definition) is 2. The van der Waals surface area contributed by atoms with Crippen molar-refractivity contribution >= 4 is 40.7 Å². The van der Waals surface area contributed by atoms with E-state index in [2.05, 4.69) is 5.32 Å². The van der Waals surface area contributed by atoms with Gasteiger partial charge in [0, 0.05) is 5.92 Å². The summed E-state index contributed by atoms with van der Waals surface area (Å²) in [4.78, 5) is 12.7. The number of fused-ring (bicyclic) bond motifs is 2. The smallest absolute Gasteiger partial charge is 0.246 e. The molecule has 2 aliphatic carbocycles. The zero-order valence-corrected chi connectivity index (χ0v) is 15.8. The van der Waals surface area contributed by atoms with Crippen molar-refractivity contribution in [3.63, 3.8) is 0 Å². The fourth-order valence-corrected chi connectivity index (χ4v) is 4.47. The molecule has 3 nitrogen and oxygen atoms in total. The summed E-state index contributed by atoms with van der Waals surface area (Å²) in [5.41, 5.74) is 0. The second kappa shape index (κ2) is 7.31. The van der Waals surface area contributed by atoms with Crippen LogP contribution in [0.1, 0.15) is 32.6 Å². The van der Waals surface area contributed by atoms with Gasteiger partial charge in [-0.3, -0.25) is 4.79 Å². The quantitative estimate of drug-likeness (QED) is 0.570. The molecule has 1 N–H and O–H groups in total. The Labute approximate surface area is 158 Å². The van der Waals surface area contributed by atoms with Crippen LogP contribution in [-0.4, -0.2) is 15.9 Å². The molecule has 1 aromatic carbocycles. The first-order chi connectivity index (χ1) is 11.3. The maximum atomic E-state index is 12.7. The summed E-state index contributed by atoms with van der Waals surface area (Å²) in [5, 5.41) is 2.78. The van der Waals surface area contributed by atoms with Gasteiger partial charge in [0.1, 0.15) is 5.75 Å². The van der Waals surface area contributed by atoms with Crippen molar-refractivity contribution in [3.8, 4) is 5.75 Å². The van der Waals surface area contributed by atoms with Crippen molar-refractivity contribution in [2.75, 3.05) is 0 Å². The lowest BCUT2D eigenvalue weighted by molar-refractivity contribution is -0.129. The standard InChI is InChI=1S/C18H22Cl3NO2/c1-11(15-10-12-7-8-13(15)9-12)16(23)22-17(18(19,20)21)24-14-5-3-2-4-6-14/h2-6,11-13,15,17H,7-10H2,1H3,(H,22,23)/t11-,12-,13-,15-,17-/m0/s1. The number of carbonyl (C=O) groups excluding carboxylic acids is 1. The minimum Gasteiger partial charge on any atom is -0.466 e. The number of halogens is 3. The van der Waals surface area contributed by atoms with E-state index in [-0.39, 0.29) is 11.8 Å². The molecule has 2 bridgehead atoms. The van der Waals surface area contributed by atoms with Crippen LogP contribution in [0.5, 0.6) is 5.75 Å². The van der Waals surface area contributed by atoms with E-state index < -0.39 is 10.0 Å². The van der Waals surface area contributed by atoms with Crippen LogP contribution in [0.15, 0.2) is 30.3 Å². The number of benzene rings is 1. The lowest BCUT2D eigenvalue weighted by atomic mass is 9.80. The second-order valence-electron chi connectivity index (χ2n) is 6.99. The number of amides is 1. The van der Waals surface area contributed by atoms with Gasteiger partial charge in [-0.05, 0) is 49.1 Å². The normalized spacial score (nSPS) is 28.4. The third kappa shape index (κ3) is 4.12. The van der Waals surface area contributed by atoms with Crippen molar-refractivity contribution in [1.82, 2.24) is 5.32 Å². The van der Waals surface area contributed by atoms with Gasteiger partial charge >= 0.3 is 0 Å². The maximum Gasteiger partial charge on any atom is 0.246 e. The van der Waals surface area contributed by atoms with Gasteiger partial charge in [0.25, 0.3) is 0 Å². The second-order valence-corrected chi connectivity index (χ2v) is 9.36. The molecule has 132 valence electrons. The zero-order chi connectivity index (χ0) is 17.3. The van der Waals surface area contributed by atoms with Gasteiger partial charge in [-0.1, -0.05) is 66.3 Å². The molecule has 2 fully saturated rings. The van der Waals surface area contributed by atoms with Crippen LogP contribution in [0.3, 0.4) is 0 Å². The lowest BCUT2D eigenvalue weighted by Crippen LogP contribution is -2.50. The van der Waals surface area contributed by atoms with E-state index in [1.807, 2.05) is 25.1 Å². The molecule has 1 amide bonds. The summed E-state index contributed by atoms with van der Waals surface area (Å²) >= 11 is 18.0. The van der Waals surface area contributed by atoms with Crippen LogP contribution < -0.4 is 10.1 Å². The van der Waals surface area contributed by atoms with Crippen LogP contribution in [0.2, 0.25) is 0 Å². The molecule has 0 heterocycles. The molecule has 0 aliphatic heterocycles. The summed E-state index contributed by atoms with van der Waals surface area (Å²) < 4.78 is 3.95. The number of alkyl halides is 3. The van der Waals surface area contributed by atoms with Gasteiger partial charge in [-0.2, -0.15) is 0 Å². The Hall–Kier alpha value is -0.640. The van der Waals surface area contributed by atoms with Gasteiger partial charge in [-0.15, -0.1) is 0 Å². The van der Waals surface area contributed by atoms with Gasteiger partial charge in [0.05, 0.1) is 0 Å². The average Bonchev–Trinajstić information content (AvgIpc) is 3.16. The fraction of sp³-hybridized carbons (Fsp3) is 0.611. The summed E-state index contributed by atoms with van der Waals surface area (Å²) in [7, 11) is 0. The fourth-order valence-electron chi connectivity index (χ4n) is 4.17. The molecule has 1 aromatic rings. The molecule has 24 heavy (non-hydrogen) atoms. The number of para-hydroxylation sites is 1. The van der Waals surface area contributed by atoms with Crippen LogP contribution >= 0.6 is 34.8 Å². The van der Waals surface area contributed by atoms with Crippen molar-refractivity contribution in [3.05, 3.63) is 30.3 Å². The first kappa shape index (κ1) is 18.2. The van der Waals surface area contributed by atoms with Crippen molar-refractivity contribution < 1.29 is 9.53 Å². The van der Waals surface area contributed by atoms with Gasteiger partial charge in [0.2, 0.25) is 15.9 Å². The van der Waals surface area contributed by atoms with Crippen LogP contribution in [0, 0.1) is 23.7 Å². The van der Waals surface area contributed by atoms with E-state index in [0.717, 1.165) is 12.3 Å². The molecule has 0 saturated heterocycles. The molecular weight excluding hydrogens is 369 g/mol. The van der Waals surface area contributed by atoms with E-state index in [1.165, 1.54) is 19.3 Å². The number of hydrogen-bond donors (Lipinski definition) is 1. The Balaban J connectivity index is 1.64. The largest absolute Gasteiger partial charge is 0.466 e. The molecule has 0 spiro atoms. The molecular formula is C18H22Cl3NO2. The number of nitrogens with one attached hydrogen (secondary N) is 1. The summed E-state index contributed by atoms with van der Waals surface area (Å²) in [5.74, 6) is 2.21. The predicted molar refractivity (Wildman–Crippen MR) is 97.4 cm³/mol. The minimum absolute atomic E-state index is 0.102. The molecule has 2 aliphatic rings. The molecule has 6 heteroatoms. The first-order valence-corrected chi connectivity index (χ1v) is 9.57. The molecule has 0 unspecified atom stereocenters. The molecule has 3 rings (SSSR count). The first-order valence-electron chi connectivity index (χ1n) is 8.43. The highest BCUT2D eigenvalue weighted by Crippen LogP contribution is 2.51. The van der Waals surface area contributed by atoms with E-state index in [9.17, 15) is 4.79 Å². The third-order valence-corrected chi connectivity index (χ3v) is 6.01. The van der Waals surface area contributed by atoms with Crippen molar-refractivity contribution in [1.29, 1.82) is 0 Å². The third-order valence-electron chi connectivity index (χ3n) is 5.42. The van der Waals surface area contributed by atoms with Gasteiger partial charge in [0.15, 0.2) is 0 Å². The average molecular weight is 391 g/mol. The van der Waals surface area contributed by atoms with E-state index in [4.69, 9.17) is 39.5 Å². The predicted octanol–water partition coefficient (Wildman–Crippen LogP) is 4.95. The Morgan fingerprint density at radius 2 is 1.92 bits per heavy atom. The topological polar surface area (TPSA) is 38.3 Å². The summed E-state index contributed by atoms with van der Waals surface area (Å²) in [6.07, 6.45) is 3.91. The van der Waals surface area contributed by atoms with E-state index in [0.29, 0.717) is 17.6 Å². The Kier molecular flexibility index (Phi) is 5.53. The molecule has 2 saturated carbocycles. The molecule has 0 radical (unpaired) electrons.